The van der Waals surface area contributed by atoms with Crippen LogP contribution < -0.4 is 4.74 Å². The average molecular weight is 436 g/mol. The molecule has 0 saturated carbocycles. The van der Waals surface area contributed by atoms with Gasteiger partial charge in [0.25, 0.3) is 0 Å². The van der Waals surface area contributed by atoms with Gasteiger partial charge in [-0.15, -0.1) is 0 Å². The lowest BCUT2D eigenvalue weighted by atomic mass is 9.98. The van der Waals surface area contributed by atoms with Gasteiger partial charge in [0.15, 0.2) is 11.6 Å². The fraction of sp³-hybridized carbons (Fsp3) is 0.120. The SMILES string of the molecule is Cc1c(-c2cccc(Cl)c2)nc2ccccc2c1C(=O)OCCOc1ccccc1F. The minimum Gasteiger partial charge on any atom is -0.487 e. The number of hydrogen-bond acceptors (Lipinski definition) is 4. The van der Waals surface area contributed by atoms with Gasteiger partial charge in [-0.25, -0.2) is 14.2 Å². The van der Waals surface area contributed by atoms with E-state index in [-0.39, 0.29) is 19.0 Å². The van der Waals surface area contributed by atoms with Crippen molar-refractivity contribution >= 4 is 28.5 Å². The zero-order chi connectivity index (χ0) is 21.8. The van der Waals surface area contributed by atoms with Crippen LogP contribution >= 0.6 is 11.6 Å². The molecule has 0 aliphatic heterocycles. The quantitative estimate of drug-likeness (QED) is 0.266. The average Bonchev–Trinajstić information content (AvgIpc) is 2.77. The van der Waals surface area contributed by atoms with Gasteiger partial charge >= 0.3 is 5.97 Å². The predicted octanol–water partition coefficient (Wildman–Crippen LogP) is 6.24. The monoisotopic (exact) mass is 435 g/mol. The van der Waals surface area contributed by atoms with E-state index >= 15 is 0 Å². The highest BCUT2D eigenvalue weighted by molar-refractivity contribution is 6.30. The fourth-order valence-electron chi connectivity index (χ4n) is 3.41. The number of nitrogens with zero attached hydrogens (tertiary/aromatic N) is 1. The summed E-state index contributed by atoms with van der Waals surface area (Å²) < 4.78 is 24.5. The first kappa shape index (κ1) is 20.8. The molecule has 31 heavy (non-hydrogen) atoms. The Bertz CT molecular complexity index is 1260. The summed E-state index contributed by atoms with van der Waals surface area (Å²) in [6.07, 6.45) is 0. The third-order valence-corrected chi connectivity index (χ3v) is 5.08. The van der Waals surface area contributed by atoms with Crippen molar-refractivity contribution in [1.29, 1.82) is 0 Å². The van der Waals surface area contributed by atoms with Gasteiger partial charge in [0.05, 0.1) is 16.8 Å². The lowest BCUT2D eigenvalue weighted by Gasteiger charge is -2.15. The molecule has 0 aliphatic rings. The van der Waals surface area contributed by atoms with E-state index in [1.54, 1.807) is 18.2 Å². The molecular weight excluding hydrogens is 417 g/mol. The second-order valence-electron chi connectivity index (χ2n) is 6.90. The van der Waals surface area contributed by atoms with Crippen LogP contribution in [0.3, 0.4) is 0 Å². The highest BCUT2D eigenvalue weighted by Gasteiger charge is 2.20. The molecule has 0 aliphatic carbocycles. The van der Waals surface area contributed by atoms with Gasteiger partial charge in [-0.3, -0.25) is 0 Å². The Morgan fingerprint density at radius 3 is 2.58 bits per heavy atom. The van der Waals surface area contributed by atoms with Crippen molar-refractivity contribution in [2.75, 3.05) is 13.2 Å². The maximum atomic E-state index is 13.7. The Kier molecular flexibility index (Phi) is 6.14. The van der Waals surface area contributed by atoms with Crippen LogP contribution in [0.5, 0.6) is 5.75 Å². The van der Waals surface area contributed by atoms with E-state index in [2.05, 4.69) is 0 Å². The van der Waals surface area contributed by atoms with Crippen molar-refractivity contribution in [3.05, 3.63) is 94.8 Å². The minimum absolute atomic E-state index is 0.0181. The van der Waals surface area contributed by atoms with Gasteiger partial charge in [-0.1, -0.05) is 54.1 Å². The van der Waals surface area contributed by atoms with Gasteiger partial charge < -0.3 is 9.47 Å². The number of aromatic nitrogens is 1. The molecule has 0 atom stereocenters. The molecule has 0 unspecified atom stereocenters. The predicted molar refractivity (Wildman–Crippen MR) is 119 cm³/mol. The first-order valence-electron chi connectivity index (χ1n) is 9.74. The van der Waals surface area contributed by atoms with Crippen LogP contribution in [0.1, 0.15) is 15.9 Å². The molecule has 0 fully saturated rings. The first-order chi connectivity index (χ1) is 15.0. The topological polar surface area (TPSA) is 48.4 Å². The molecule has 1 aromatic heterocycles. The molecular formula is C25H19ClFNO3. The van der Waals surface area contributed by atoms with E-state index in [0.717, 1.165) is 5.56 Å². The maximum absolute atomic E-state index is 13.7. The van der Waals surface area contributed by atoms with E-state index in [0.29, 0.717) is 32.7 Å². The Labute approximate surface area is 184 Å². The number of fused-ring (bicyclic) bond motifs is 1. The molecule has 3 aromatic carbocycles. The zero-order valence-corrected chi connectivity index (χ0v) is 17.5. The van der Waals surface area contributed by atoms with E-state index in [1.807, 2.05) is 49.4 Å². The summed E-state index contributed by atoms with van der Waals surface area (Å²) in [5.74, 6) is -0.834. The number of pyridine rings is 1. The lowest BCUT2D eigenvalue weighted by Crippen LogP contribution is -2.15. The number of para-hydroxylation sites is 2. The van der Waals surface area contributed by atoms with Crippen molar-refractivity contribution < 1.29 is 18.7 Å². The summed E-state index contributed by atoms with van der Waals surface area (Å²) in [5.41, 5.74) is 3.29. The van der Waals surface area contributed by atoms with Crippen LogP contribution in [0.4, 0.5) is 4.39 Å². The second-order valence-corrected chi connectivity index (χ2v) is 7.34. The molecule has 4 rings (SSSR count). The van der Waals surface area contributed by atoms with Gasteiger partial charge in [0.2, 0.25) is 0 Å². The van der Waals surface area contributed by atoms with Crippen molar-refractivity contribution in [3.63, 3.8) is 0 Å². The van der Waals surface area contributed by atoms with Crippen LogP contribution in [0, 0.1) is 12.7 Å². The summed E-state index contributed by atoms with van der Waals surface area (Å²) in [4.78, 5) is 17.7. The summed E-state index contributed by atoms with van der Waals surface area (Å²) in [5, 5.41) is 1.28. The molecule has 1 heterocycles. The number of esters is 1. The van der Waals surface area contributed by atoms with Gasteiger partial charge in [0, 0.05) is 16.0 Å². The van der Waals surface area contributed by atoms with Gasteiger partial charge in [0.1, 0.15) is 13.2 Å². The van der Waals surface area contributed by atoms with Crippen LogP contribution in [0.25, 0.3) is 22.2 Å². The van der Waals surface area contributed by atoms with Crippen LogP contribution in [0.15, 0.2) is 72.8 Å². The molecule has 6 heteroatoms. The molecule has 0 saturated heterocycles. The Morgan fingerprint density at radius 2 is 1.77 bits per heavy atom. The molecule has 4 aromatic rings. The summed E-state index contributed by atoms with van der Waals surface area (Å²) >= 11 is 6.15. The van der Waals surface area contributed by atoms with E-state index in [1.165, 1.54) is 12.1 Å². The fourth-order valence-corrected chi connectivity index (χ4v) is 3.60. The Balaban J connectivity index is 1.60. The molecule has 0 radical (unpaired) electrons. The maximum Gasteiger partial charge on any atom is 0.339 e. The third kappa shape index (κ3) is 4.52. The number of carbonyl (C=O) groups is 1. The molecule has 156 valence electrons. The molecule has 4 nitrogen and oxygen atoms in total. The van der Waals surface area contributed by atoms with E-state index in [4.69, 9.17) is 26.1 Å². The minimum atomic E-state index is -0.489. The van der Waals surface area contributed by atoms with Crippen LogP contribution in [0.2, 0.25) is 5.02 Å². The van der Waals surface area contributed by atoms with E-state index in [9.17, 15) is 9.18 Å². The smallest absolute Gasteiger partial charge is 0.339 e. The van der Waals surface area contributed by atoms with Crippen LogP contribution in [-0.4, -0.2) is 24.2 Å². The van der Waals surface area contributed by atoms with Crippen molar-refractivity contribution in [2.24, 2.45) is 0 Å². The number of ether oxygens (including phenoxy) is 2. The number of hydrogen-bond donors (Lipinski definition) is 0. The Morgan fingerprint density at radius 1 is 1.00 bits per heavy atom. The number of rotatable bonds is 6. The summed E-state index contributed by atoms with van der Waals surface area (Å²) in [6, 6.07) is 20.8. The molecule has 0 amide bonds. The zero-order valence-electron chi connectivity index (χ0n) is 16.8. The molecule has 0 spiro atoms. The van der Waals surface area contributed by atoms with Crippen molar-refractivity contribution in [1.82, 2.24) is 4.98 Å². The lowest BCUT2D eigenvalue weighted by molar-refractivity contribution is 0.0450. The molecule has 0 N–H and O–H groups in total. The molecule has 0 bridgehead atoms. The highest BCUT2D eigenvalue weighted by Crippen LogP contribution is 2.31. The Hall–Kier alpha value is -3.44. The number of benzene rings is 3. The van der Waals surface area contributed by atoms with Crippen molar-refractivity contribution in [3.8, 4) is 17.0 Å². The standard InChI is InChI=1S/C25H19ClFNO3/c1-16-23(25(29)31-14-13-30-22-12-5-3-10-20(22)27)19-9-2-4-11-21(19)28-24(16)17-7-6-8-18(26)15-17/h2-12,15H,13-14H2,1H3. The van der Waals surface area contributed by atoms with Gasteiger partial charge in [-0.2, -0.15) is 0 Å². The number of halogens is 2. The second kappa shape index (κ2) is 9.14. The normalized spacial score (nSPS) is 10.8. The first-order valence-corrected chi connectivity index (χ1v) is 10.1. The summed E-state index contributed by atoms with van der Waals surface area (Å²) in [6.45, 7) is 1.85. The largest absolute Gasteiger partial charge is 0.487 e. The highest BCUT2D eigenvalue weighted by atomic mass is 35.5. The number of carbonyl (C=O) groups excluding carboxylic acids is 1. The third-order valence-electron chi connectivity index (χ3n) is 4.85. The van der Waals surface area contributed by atoms with Crippen LogP contribution in [-0.2, 0) is 4.74 Å². The van der Waals surface area contributed by atoms with Gasteiger partial charge in [-0.05, 0) is 42.8 Å². The van der Waals surface area contributed by atoms with Crippen molar-refractivity contribution in [2.45, 2.75) is 6.92 Å². The van der Waals surface area contributed by atoms with E-state index < -0.39 is 11.8 Å². The summed E-state index contributed by atoms with van der Waals surface area (Å²) in [7, 11) is 0.